The van der Waals surface area contributed by atoms with Crippen LogP contribution in [0.2, 0.25) is 0 Å². The standard InChI is InChI=1S/C22H23FN4OS/c23-15-7-4-13(5-8-15)19-12-25-22(29-19)27-20-3-1-2-16(26-20)10-14-6-9-17-18(14)11-24-21(17)28/h1-5,7-8,12,14,17-18,21,24,28H,6,9-11H2,(H,25,26,27). The predicted molar refractivity (Wildman–Crippen MR) is 112 cm³/mol. The van der Waals surface area contributed by atoms with Crippen LogP contribution in [0.1, 0.15) is 18.5 Å². The van der Waals surface area contributed by atoms with Gasteiger partial charge in [0, 0.05) is 24.4 Å². The number of aliphatic hydroxyl groups excluding tert-OH is 1. The number of hydrogen-bond donors (Lipinski definition) is 3. The van der Waals surface area contributed by atoms with Crippen LogP contribution < -0.4 is 10.6 Å². The fraction of sp³-hybridized carbons (Fsp3) is 0.364. The summed E-state index contributed by atoms with van der Waals surface area (Å²) in [5.74, 6) is 2.04. The average molecular weight is 411 g/mol. The molecule has 1 saturated carbocycles. The Morgan fingerprint density at radius 2 is 2.00 bits per heavy atom. The Hall–Kier alpha value is -2.35. The second-order valence-electron chi connectivity index (χ2n) is 7.90. The first-order valence-corrected chi connectivity index (χ1v) is 10.8. The van der Waals surface area contributed by atoms with Crippen molar-refractivity contribution in [1.29, 1.82) is 0 Å². The minimum atomic E-state index is -0.342. The molecule has 1 saturated heterocycles. The molecule has 29 heavy (non-hydrogen) atoms. The fourth-order valence-corrected chi connectivity index (χ4v) is 5.51. The highest BCUT2D eigenvalue weighted by Gasteiger charge is 2.43. The van der Waals surface area contributed by atoms with Crippen LogP contribution in [0, 0.1) is 23.6 Å². The molecule has 3 aromatic rings. The third-order valence-corrected chi connectivity index (χ3v) is 7.10. The van der Waals surface area contributed by atoms with E-state index < -0.39 is 0 Å². The number of anilines is 2. The van der Waals surface area contributed by atoms with E-state index in [0.717, 1.165) is 52.9 Å². The molecule has 4 atom stereocenters. The highest BCUT2D eigenvalue weighted by molar-refractivity contribution is 7.18. The number of thiazole rings is 1. The molecule has 5 rings (SSSR count). The zero-order chi connectivity index (χ0) is 19.8. The van der Waals surface area contributed by atoms with Gasteiger partial charge in [-0.05, 0) is 60.9 Å². The van der Waals surface area contributed by atoms with E-state index in [9.17, 15) is 9.50 Å². The first-order chi connectivity index (χ1) is 14.2. The number of rotatable bonds is 5. The lowest BCUT2D eigenvalue weighted by Crippen LogP contribution is -2.25. The van der Waals surface area contributed by atoms with Crippen LogP contribution in [0.15, 0.2) is 48.7 Å². The quantitative estimate of drug-likeness (QED) is 0.588. The van der Waals surface area contributed by atoms with E-state index in [1.54, 1.807) is 18.3 Å². The number of halogens is 1. The number of benzene rings is 1. The third-order valence-electron chi connectivity index (χ3n) is 6.14. The Bertz CT molecular complexity index is 992. The number of aromatic nitrogens is 2. The van der Waals surface area contributed by atoms with Gasteiger partial charge in [0.2, 0.25) is 0 Å². The van der Waals surface area contributed by atoms with Gasteiger partial charge in [-0.25, -0.2) is 14.4 Å². The molecule has 3 heterocycles. The van der Waals surface area contributed by atoms with Crippen LogP contribution in [-0.2, 0) is 6.42 Å². The van der Waals surface area contributed by atoms with Crippen molar-refractivity contribution in [2.75, 3.05) is 11.9 Å². The largest absolute Gasteiger partial charge is 0.378 e. The van der Waals surface area contributed by atoms with Crippen molar-refractivity contribution in [3.8, 4) is 10.4 Å². The zero-order valence-electron chi connectivity index (χ0n) is 15.9. The van der Waals surface area contributed by atoms with Gasteiger partial charge in [-0.15, -0.1) is 0 Å². The number of hydrogen-bond acceptors (Lipinski definition) is 6. The van der Waals surface area contributed by atoms with E-state index in [2.05, 4.69) is 21.7 Å². The maximum absolute atomic E-state index is 13.1. The maximum Gasteiger partial charge on any atom is 0.188 e. The summed E-state index contributed by atoms with van der Waals surface area (Å²) in [7, 11) is 0. The minimum absolute atomic E-state index is 0.242. The van der Waals surface area contributed by atoms with Crippen LogP contribution >= 0.6 is 11.3 Å². The average Bonchev–Trinajstić information content (AvgIpc) is 3.43. The molecular weight excluding hydrogens is 387 g/mol. The lowest BCUT2D eigenvalue weighted by Gasteiger charge is -2.17. The molecule has 7 heteroatoms. The highest BCUT2D eigenvalue weighted by Crippen LogP contribution is 2.42. The fourth-order valence-electron chi connectivity index (χ4n) is 4.68. The van der Waals surface area contributed by atoms with Gasteiger partial charge < -0.3 is 10.4 Å². The van der Waals surface area contributed by atoms with Crippen LogP contribution in [-0.4, -0.2) is 27.8 Å². The van der Waals surface area contributed by atoms with E-state index in [1.807, 2.05) is 12.1 Å². The first kappa shape index (κ1) is 18.7. The SMILES string of the molecule is OC1NCC2C(Cc3cccc(Nc4ncc(-c5ccc(F)cc5)s4)n3)CCC12. The van der Waals surface area contributed by atoms with Gasteiger partial charge in [0.1, 0.15) is 17.9 Å². The van der Waals surface area contributed by atoms with Crippen LogP contribution in [0.5, 0.6) is 0 Å². The van der Waals surface area contributed by atoms with Crippen LogP contribution in [0.3, 0.4) is 0 Å². The molecule has 1 aromatic carbocycles. The van der Waals surface area contributed by atoms with Gasteiger partial charge in [0.05, 0.1) is 4.88 Å². The van der Waals surface area contributed by atoms with Crippen molar-refractivity contribution in [3.05, 3.63) is 60.2 Å². The molecule has 0 spiro atoms. The minimum Gasteiger partial charge on any atom is -0.378 e. The van der Waals surface area contributed by atoms with Crippen molar-refractivity contribution < 1.29 is 9.50 Å². The Kier molecular flexibility index (Phi) is 5.03. The van der Waals surface area contributed by atoms with Crippen molar-refractivity contribution in [2.24, 2.45) is 17.8 Å². The molecular formula is C22H23FN4OS. The number of fused-ring (bicyclic) bond motifs is 1. The van der Waals surface area contributed by atoms with Crippen molar-refractivity contribution in [3.63, 3.8) is 0 Å². The molecule has 2 aromatic heterocycles. The van der Waals surface area contributed by atoms with Crippen molar-refractivity contribution in [1.82, 2.24) is 15.3 Å². The van der Waals surface area contributed by atoms with Gasteiger partial charge in [-0.1, -0.05) is 29.5 Å². The van der Waals surface area contributed by atoms with Crippen LogP contribution in [0.25, 0.3) is 10.4 Å². The molecule has 3 N–H and O–H groups in total. The summed E-state index contributed by atoms with van der Waals surface area (Å²) in [5.41, 5.74) is 2.01. The number of aliphatic hydroxyl groups is 1. The molecule has 5 nitrogen and oxygen atoms in total. The highest BCUT2D eigenvalue weighted by atomic mass is 32.1. The molecule has 2 fully saturated rings. The van der Waals surface area contributed by atoms with Gasteiger partial charge in [0.25, 0.3) is 0 Å². The summed E-state index contributed by atoms with van der Waals surface area (Å²) >= 11 is 1.52. The summed E-state index contributed by atoms with van der Waals surface area (Å²) in [6, 6.07) is 12.5. The van der Waals surface area contributed by atoms with Gasteiger partial charge >= 0.3 is 0 Å². The molecule has 150 valence electrons. The Morgan fingerprint density at radius 3 is 2.86 bits per heavy atom. The molecule has 2 aliphatic rings. The predicted octanol–water partition coefficient (Wildman–Crippen LogP) is 4.19. The molecule has 4 unspecified atom stereocenters. The molecule has 0 radical (unpaired) electrons. The van der Waals surface area contributed by atoms with Crippen molar-refractivity contribution >= 4 is 22.3 Å². The summed E-state index contributed by atoms with van der Waals surface area (Å²) in [6.45, 7) is 0.902. The number of nitrogens with one attached hydrogen (secondary N) is 2. The van der Waals surface area contributed by atoms with Gasteiger partial charge in [0.15, 0.2) is 5.13 Å². The Balaban J connectivity index is 1.27. The summed E-state index contributed by atoms with van der Waals surface area (Å²) in [5, 5.41) is 17.3. The molecule has 0 bridgehead atoms. The van der Waals surface area contributed by atoms with E-state index in [1.165, 1.54) is 23.5 Å². The van der Waals surface area contributed by atoms with Crippen LogP contribution in [0.4, 0.5) is 15.3 Å². The Labute approximate surface area is 173 Å². The topological polar surface area (TPSA) is 70.1 Å². The summed E-state index contributed by atoms with van der Waals surface area (Å²) < 4.78 is 13.1. The lowest BCUT2D eigenvalue weighted by atomic mass is 9.88. The van der Waals surface area contributed by atoms with E-state index in [4.69, 9.17) is 4.98 Å². The molecule has 1 aliphatic heterocycles. The summed E-state index contributed by atoms with van der Waals surface area (Å²) in [4.78, 5) is 10.2. The Morgan fingerprint density at radius 1 is 1.14 bits per heavy atom. The number of pyridine rings is 1. The normalized spacial score (nSPS) is 25.9. The van der Waals surface area contributed by atoms with E-state index in [-0.39, 0.29) is 12.0 Å². The smallest absolute Gasteiger partial charge is 0.188 e. The molecule has 0 amide bonds. The van der Waals surface area contributed by atoms with E-state index >= 15 is 0 Å². The zero-order valence-corrected chi connectivity index (χ0v) is 16.7. The van der Waals surface area contributed by atoms with Crippen molar-refractivity contribution in [2.45, 2.75) is 25.5 Å². The maximum atomic E-state index is 13.1. The second kappa shape index (κ2) is 7.82. The second-order valence-corrected chi connectivity index (χ2v) is 8.93. The van der Waals surface area contributed by atoms with Gasteiger partial charge in [-0.2, -0.15) is 0 Å². The number of nitrogens with zero attached hydrogens (tertiary/aromatic N) is 2. The first-order valence-electron chi connectivity index (χ1n) is 10.0. The lowest BCUT2D eigenvalue weighted by molar-refractivity contribution is 0.106. The molecule has 1 aliphatic carbocycles. The third kappa shape index (κ3) is 3.90. The van der Waals surface area contributed by atoms with Gasteiger partial charge in [-0.3, -0.25) is 5.32 Å². The summed E-state index contributed by atoms with van der Waals surface area (Å²) in [6.07, 6.45) is 4.63. The monoisotopic (exact) mass is 410 g/mol. The van der Waals surface area contributed by atoms with E-state index in [0.29, 0.717) is 17.8 Å².